The molecule has 3 aromatic carbocycles. The van der Waals surface area contributed by atoms with Gasteiger partial charge in [0.15, 0.2) is 0 Å². The SMILES string of the molecule is O=[N+]([O-])c1ccc(Nc2ccc(NC(=S)Oc3ccccc3)cc2)cc1. The Labute approximate surface area is 155 Å². The topological polar surface area (TPSA) is 76.4 Å². The molecule has 26 heavy (non-hydrogen) atoms. The lowest BCUT2D eigenvalue weighted by atomic mass is 10.2. The molecule has 0 aliphatic rings. The van der Waals surface area contributed by atoms with Crippen LogP contribution in [0.5, 0.6) is 5.75 Å². The Morgan fingerprint density at radius 3 is 1.96 bits per heavy atom. The second-order valence-electron chi connectivity index (χ2n) is 5.33. The summed E-state index contributed by atoms with van der Waals surface area (Å²) in [7, 11) is 0. The molecular weight excluding hydrogens is 350 g/mol. The normalized spacial score (nSPS) is 10.0. The monoisotopic (exact) mass is 365 g/mol. The molecular formula is C19H15N3O3S. The predicted octanol–water partition coefficient (Wildman–Crippen LogP) is 5.11. The highest BCUT2D eigenvalue weighted by atomic mass is 32.1. The molecule has 6 nitrogen and oxygen atoms in total. The van der Waals surface area contributed by atoms with Gasteiger partial charge in [-0.2, -0.15) is 0 Å². The zero-order valence-corrected chi connectivity index (χ0v) is 14.4. The van der Waals surface area contributed by atoms with E-state index in [1.807, 2.05) is 54.6 Å². The fourth-order valence-electron chi connectivity index (χ4n) is 2.21. The van der Waals surface area contributed by atoms with Gasteiger partial charge in [0, 0.05) is 29.2 Å². The molecule has 0 unspecified atom stereocenters. The van der Waals surface area contributed by atoms with Gasteiger partial charge in [-0.3, -0.25) is 10.1 Å². The Bertz CT molecular complexity index is 898. The highest BCUT2D eigenvalue weighted by Gasteiger charge is 2.04. The summed E-state index contributed by atoms with van der Waals surface area (Å²) in [6, 6.07) is 23.0. The number of rotatable bonds is 5. The van der Waals surface area contributed by atoms with E-state index in [1.54, 1.807) is 12.1 Å². The molecule has 7 heteroatoms. The van der Waals surface area contributed by atoms with Crippen molar-refractivity contribution in [2.75, 3.05) is 10.6 Å². The second-order valence-corrected chi connectivity index (χ2v) is 5.70. The van der Waals surface area contributed by atoms with Gasteiger partial charge in [0.1, 0.15) is 5.75 Å². The van der Waals surface area contributed by atoms with Crippen LogP contribution in [0.1, 0.15) is 0 Å². The average molecular weight is 365 g/mol. The molecule has 0 bridgehead atoms. The van der Waals surface area contributed by atoms with Gasteiger partial charge in [0.05, 0.1) is 4.92 Å². The van der Waals surface area contributed by atoms with Crippen LogP contribution in [-0.4, -0.2) is 10.1 Å². The Kier molecular flexibility index (Phi) is 5.40. The lowest BCUT2D eigenvalue weighted by molar-refractivity contribution is -0.384. The van der Waals surface area contributed by atoms with Crippen molar-refractivity contribution in [1.82, 2.24) is 0 Å². The summed E-state index contributed by atoms with van der Waals surface area (Å²) >= 11 is 5.19. The summed E-state index contributed by atoms with van der Waals surface area (Å²) in [6.07, 6.45) is 0. The largest absolute Gasteiger partial charge is 0.432 e. The van der Waals surface area contributed by atoms with Gasteiger partial charge in [-0.1, -0.05) is 18.2 Å². The summed E-state index contributed by atoms with van der Waals surface area (Å²) < 4.78 is 5.52. The maximum Gasteiger partial charge on any atom is 0.269 e. The minimum Gasteiger partial charge on any atom is -0.432 e. The van der Waals surface area contributed by atoms with Crippen molar-refractivity contribution < 1.29 is 9.66 Å². The number of nitrogens with one attached hydrogen (secondary N) is 2. The van der Waals surface area contributed by atoms with Crippen LogP contribution in [0, 0.1) is 10.1 Å². The smallest absolute Gasteiger partial charge is 0.269 e. The first-order chi connectivity index (χ1) is 12.6. The molecule has 3 rings (SSSR count). The van der Waals surface area contributed by atoms with Gasteiger partial charge in [-0.15, -0.1) is 0 Å². The van der Waals surface area contributed by atoms with Crippen LogP contribution in [0.3, 0.4) is 0 Å². The van der Waals surface area contributed by atoms with Crippen LogP contribution in [0.25, 0.3) is 0 Å². The number of hydrogen-bond donors (Lipinski definition) is 2. The van der Waals surface area contributed by atoms with E-state index >= 15 is 0 Å². The number of anilines is 3. The number of nitro benzene ring substituents is 1. The summed E-state index contributed by atoms with van der Waals surface area (Å²) in [5.41, 5.74) is 2.46. The standard InChI is InChI=1S/C19H15N3O3S/c23-22(24)17-12-10-15(11-13-17)20-14-6-8-16(9-7-14)21-19(26)25-18-4-2-1-3-5-18/h1-13,20H,(H,21,26). The van der Waals surface area contributed by atoms with Crippen LogP contribution in [0.15, 0.2) is 78.9 Å². The lowest BCUT2D eigenvalue weighted by Gasteiger charge is -2.11. The molecule has 0 saturated heterocycles. The van der Waals surface area contributed by atoms with E-state index in [0.717, 1.165) is 17.1 Å². The van der Waals surface area contributed by atoms with Gasteiger partial charge in [-0.05, 0) is 60.7 Å². The highest BCUT2D eigenvalue weighted by Crippen LogP contribution is 2.21. The van der Waals surface area contributed by atoms with Crippen molar-refractivity contribution in [1.29, 1.82) is 0 Å². The number of nitro groups is 1. The van der Waals surface area contributed by atoms with Gasteiger partial charge >= 0.3 is 0 Å². The van der Waals surface area contributed by atoms with Crippen LogP contribution in [0.4, 0.5) is 22.7 Å². The minimum absolute atomic E-state index is 0.0574. The quantitative estimate of drug-likeness (QED) is 0.371. The number of para-hydroxylation sites is 1. The number of benzene rings is 3. The number of thiocarbonyl (C=S) groups is 1. The van der Waals surface area contributed by atoms with Gasteiger partial charge in [0.2, 0.25) is 0 Å². The molecule has 0 fully saturated rings. The van der Waals surface area contributed by atoms with Crippen molar-refractivity contribution in [2.45, 2.75) is 0 Å². The molecule has 2 N–H and O–H groups in total. The first-order valence-corrected chi connectivity index (χ1v) is 8.16. The molecule has 0 spiro atoms. The highest BCUT2D eigenvalue weighted by molar-refractivity contribution is 7.80. The summed E-state index contributed by atoms with van der Waals surface area (Å²) in [4.78, 5) is 10.2. The molecule has 0 aliphatic heterocycles. The van der Waals surface area contributed by atoms with E-state index in [-0.39, 0.29) is 10.9 Å². The van der Waals surface area contributed by atoms with E-state index < -0.39 is 4.92 Å². The molecule has 0 amide bonds. The summed E-state index contributed by atoms with van der Waals surface area (Å²) in [5.74, 6) is 0.668. The second kappa shape index (κ2) is 8.09. The van der Waals surface area contributed by atoms with Crippen molar-refractivity contribution in [2.24, 2.45) is 0 Å². The Morgan fingerprint density at radius 2 is 1.38 bits per heavy atom. The zero-order valence-electron chi connectivity index (χ0n) is 13.6. The van der Waals surface area contributed by atoms with Crippen LogP contribution in [-0.2, 0) is 0 Å². The van der Waals surface area contributed by atoms with E-state index in [9.17, 15) is 10.1 Å². The van der Waals surface area contributed by atoms with Crippen molar-refractivity contribution in [3.05, 3.63) is 89.0 Å². The molecule has 0 aliphatic carbocycles. The fraction of sp³-hybridized carbons (Fsp3) is 0. The minimum atomic E-state index is -0.426. The third kappa shape index (κ3) is 4.78. The van der Waals surface area contributed by atoms with E-state index in [4.69, 9.17) is 17.0 Å². The van der Waals surface area contributed by atoms with E-state index in [0.29, 0.717) is 5.75 Å². The maximum atomic E-state index is 10.7. The van der Waals surface area contributed by atoms with Crippen LogP contribution < -0.4 is 15.4 Å². The maximum absolute atomic E-state index is 10.7. The predicted molar refractivity (Wildman–Crippen MR) is 106 cm³/mol. The Balaban J connectivity index is 1.57. The molecule has 0 aromatic heterocycles. The van der Waals surface area contributed by atoms with Crippen LogP contribution >= 0.6 is 12.2 Å². The van der Waals surface area contributed by atoms with Crippen molar-refractivity contribution in [3.8, 4) is 5.75 Å². The average Bonchev–Trinajstić information content (AvgIpc) is 2.64. The van der Waals surface area contributed by atoms with Gasteiger partial charge in [0.25, 0.3) is 10.9 Å². The molecule has 130 valence electrons. The number of hydrogen-bond acceptors (Lipinski definition) is 5. The number of ether oxygens (including phenoxy) is 1. The van der Waals surface area contributed by atoms with E-state index in [1.165, 1.54) is 12.1 Å². The fourth-order valence-corrected chi connectivity index (χ4v) is 2.42. The van der Waals surface area contributed by atoms with Gasteiger partial charge < -0.3 is 15.4 Å². The van der Waals surface area contributed by atoms with E-state index in [2.05, 4.69) is 10.6 Å². The molecule has 3 aromatic rings. The van der Waals surface area contributed by atoms with Crippen molar-refractivity contribution >= 4 is 40.1 Å². The summed E-state index contributed by atoms with van der Waals surface area (Å²) in [5, 5.41) is 17.1. The van der Waals surface area contributed by atoms with Crippen molar-refractivity contribution in [3.63, 3.8) is 0 Å². The third-order valence-corrected chi connectivity index (χ3v) is 3.64. The molecule has 0 atom stereocenters. The first kappa shape index (κ1) is 17.4. The molecule has 0 saturated carbocycles. The van der Waals surface area contributed by atoms with Crippen LogP contribution in [0.2, 0.25) is 0 Å². The molecule has 0 radical (unpaired) electrons. The molecule has 0 heterocycles. The number of nitrogens with zero attached hydrogens (tertiary/aromatic N) is 1. The lowest BCUT2D eigenvalue weighted by Crippen LogP contribution is -2.16. The third-order valence-electron chi connectivity index (χ3n) is 3.45. The Morgan fingerprint density at radius 1 is 0.846 bits per heavy atom. The zero-order chi connectivity index (χ0) is 18.4. The Hall–Kier alpha value is -3.45. The number of non-ortho nitro benzene ring substituents is 1. The summed E-state index contributed by atoms with van der Waals surface area (Å²) in [6.45, 7) is 0. The van der Waals surface area contributed by atoms with Gasteiger partial charge in [-0.25, -0.2) is 0 Å². The first-order valence-electron chi connectivity index (χ1n) is 7.75.